The molecule has 0 saturated carbocycles. The Balaban J connectivity index is 1.66. The van der Waals surface area contributed by atoms with Crippen molar-refractivity contribution in [3.8, 4) is 11.5 Å². The van der Waals surface area contributed by atoms with Gasteiger partial charge in [0.25, 0.3) is 5.91 Å². The third kappa shape index (κ3) is 3.89. The third-order valence-corrected chi connectivity index (χ3v) is 5.73. The van der Waals surface area contributed by atoms with Crippen molar-refractivity contribution in [3.63, 3.8) is 0 Å². The van der Waals surface area contributed by atoms with Crippen LogP contribution in [0, 0.1) is 6.92 Å². The Morgan fingerprint density at radius 2 is 1.61 bits per heavy atom. The summed E-state index contributed by atoms with van der Waals surface area (Å²) in [5.41, 5.74) is 1.11. The smallest absolute Gasteiger partial charge is 0.332 e. The Morgan fingerprint density at radius 1 is 0.935 bits per heavy atom. The van der Waals surface area contributed by atoms with E-state index in [4.69, 9.17) is 16.3 Å². The summed E-state index contributed by atoms with van der Waals surface area (Å²) in [4.78, 5) is 29.5. The molecule has 3 amide bonds. The van der Waals surface area contributed by atoms with Crippen molar-refractivity contribution in [1.82, 2.24) is 4.90 Å². The highest BCUT2D eigenvalue weighted by atomic mass is 35.5. The lowest BCUT2D eigenvalue weighted by molar-refractivity contribution is -0.123. The number of carbonyl (C=O) groups excluding carboxylic acids is 2. The molecule has 0 unspecified atom stereocenters. The van der Waals surface area contributed by atoms with Crippen LogP contribution < -0.4 is 9.64 Å². The number of amides is 3. The molecule has 158 valence electrons. The first kappa shape index (κ1) is 20.9. The molecule has 31 heavy (non-hydrogen) atoms. The molecule has 3 aromatic rings. The van der Waals surface area contributed by atoms with Gasteiger partial charge in [-0.1, -0.05) is 48.0 Å². The summed E-state index contributed by atoms with van der Waals surface area (Å²) in [5.74, 6) is 1.08. The lowest BCUT2D eigenvalue weighted by Crippen LogP contribution is -2.43. The van der Waals surface area contributed by atoms with E-state index in [0.717, 1.165) is 11.1 Å². The molecule has 1 saturated heterocycles. The zero-order valence-electron chi connectivity index (χ0n) is 17.6. The Morgan fingerprint density at radius 3 is 2.32 bits per heavy atom. The maximum atomic E-state index is 13.4. The van der Waals surface area contributed by atoms with Gasteiger partial charge in [-0.2, -0.15) is 0 Å². The Kier molecular flexibility index (Phi) is 5.46. The number of anilines is 1. The molecule has 0 radical (unpaired) electrons. The summed E-state index contributed by atoms with van der Waals surface area (Å²) >= 11 is 6.06. The SMILES string of the molecule is Cc1cc(Cl)ccc1N1C(=O)N(Cc2ccccc2Oc2ccccc2)C(C)(C)C1=O. The van der Waals surface area contributed by atoms with Gasteiger partial charge in [-0.25, -0.2) is 9.69 Å². The number of hydrogen-bond acceptors (Lipinski definition) is 3. The minimum atomic E-state index is -1.01. The van der Waals surface area contributed by atoms with Crippen LogP contribution in [0.4, 0.5) is 10.5 Å². The van der Waals surface area contributed by atoms with Gasteiger partial charge in [-0.15, -0.1) is 0 Å². The number of benzene rings is 3. The van der Waals surface area contributed by atoms with Gasteiger partial charge in [0.05, 0.1) is 12.2 Å². The maximum absolute atomic E-state index is 13.4. The highest BCUT2D eigenvalue weighted by Crippen LogP contribution is 2.37. The van der Waals surface area contributed by atoms with Gasteiger partial charge in [0.15, 0.2) is 0 Å². The molecule has 1 aliphatic heterocycles. The number of aryl methyl sites for hydroxylation is 1. The average Bonchev–Trinajstić information content (AvgIpc) is 2.90. The zero-order chi connectivity index (χ0) is 22.2. The fourth-order valence-electron chi connectivity index (χ4n) is 3.70. The quantitative estimate of drug-likeness (QED) is 0.450. The second-order valence-electron chi connectivity index (χ2n) is 8.02. The fraction of sp³-hybridized carbons (Fsp3) is 0.200. The van der Waals surface area contributed by atoms with Gasteiger partial charge in [0.1, 0.15) is 17.0 Å². The largest absolute Gasteiger partial charge is 0.457 e. The predicted molar refractivity (Wildman–Crippen MR) is 122 cm³/mol. The number of nitrogens with zero attached hydrogens (tertiary/aromatic N) is 2. The monoisotopic (exact) mass is 434 g/mol. The zero-order valence-corrected chi connectivity index (χ0v) is 18.4. The van der Waals surface area contributed by atoms with Crippen molar-refractivity contribution in [1.29, 1.82) is 0 Å². The fourth-order valence-corrected chi connectivity index (χ4v) is 3.93. The van der Waals surface area contributed by atoms with Gasteiger partial charge in [0.2, 0.25) is 0 Å². The predicted octanol–water partition coefficient (Wildman–Crippen LogP) is 6.19. The van der Waals surface area contributed by atoms with Gasteiger partial charge >= 0.3 is 6.03 Å². The van der Waals surface area contributed by atoms with Crippen molar-refractivity contribution in [2.75, 3.05) is 4.90 Å². The Labute approximate surface area is 186 Å². The van der Waals surface area contributed by atoms with E-state index in [1.54, 1.807) is 36.9 Å². The lowest BCUT2D eigenvalue weighted by Gasteiger charge is -2.28. The summed E-state index contributed by atoms with van der Waals surface area (Å²) in [5, 5.41) is 0.559. The molecular formula is C25H23ClN2O3. The van der Waals surface area contributed by atoms with Crippen LogP contribution in [0.2, 0.25) is 5.02 Å². The second-order valence-corrected chi connectivity index (χ2v) is 8.46. The van der Waals surface area contributed by atoms with Crippen LogP contribution in [0.5, 0.6) is 11.5 Å². The molecule has 0 bridgehead atoms. The Hall–Kier alpha value is -3.31. The van der Waals surface area contributed by atoms with Crippen molar-refractivity contribution in [3.05, 3.63) is 88.9 Å². The number of halogens is 1. The number of hydrogen-bond donors (Lipinski definition) is 0. The van der Waals surface area contributed by atoms with Crippen molar-refractivity contribution < 1.29 is 14.3 Å². The minimum absolute atomic E-state index is 0.240. The molecule has 0 N–H and O–H groups in total. The second kappa shape index (κ2) is 8.08. The normalized spacial score (nSPS) is 15.5. The number of para-hydroxylation sites is 2. The van der Waals surface area contributed by atoms with Crippen molar-refractivity contribution >= 4 is 29.2 Å². The average molecular weight is 435 g/mol. The van der Waals surface area contributed by atoms with Crippen LogP contribution in [0.1, 0.15) is 25.0 Å². The number of ether oxygens (including phenoxy) is 1. The van der Waals surface area contributed by atoms with E-state index in [2.05, 4.69) is 0 Å². The van der Waals surface area contributed by atoms with Crippen LogP contribution >= 0.6 is 11.6 Å². The van der Waals surface area contributed by atoms with E-state index in [0.29, 0.717) is 22.2 Å². The highest BCUT2D eigenvalue weighted by molar-refractivity contribution is 6.31. The molecule has 1 aliphatic rings. The van der Waals surface area contributed by atoms with E-state index in [-0.39, 0.29) is 18.5 Å². The lowest BCUT2D eigenvalue weighted by atomic mass is 10.0. The van der Waals surface area contributed by atoms with Crippen molar-refractivity contribution in [2.24, 2.45) is 0 Å². The summed E-state index contributed by atoms with van der Waals surface area (Å²) in [7, 11) is 0. The van der Waals surface area contributed by atoms with Crippen LogP contribution in [0.25, 0.3) is 0 Å². The number of urea groups is 1. The van der Waals surface area contributed by atoms with Gasteiger partial charge in [-0.05, 0) is 62.7 Å². The van der Waals surface area contributed by atoms with Gasteiger partial charge in [0, 0.05) is 10.6 Å². The van der Waals surface area contributed by atoms with E-state index < -0.39 is 5.54 Å². The topological polar surface area (TPSA) is 49.9 Å². The maximum Gasteiger partial charge on any atom is 0.332 e. The van der Waals surface area contributed by atoms with E-state index in [1.807, 2.05) is 61.5 Å². The van der Waals surface area contributed by atoms with E-state index in [1.165, 1.54) is 4.90 Å². The summed E-state index contributed by atoms with van der Waals surface area (Å²) in [6.07, 6.45) is 0. The highest BCUT2D eigenvalue weighted by Gasteiger charge is 2.52. The Bertz CT molecular complexity index is 1140. The molecule has 1 fully saturated rings. The number of carbonyl (C=O) groups is 2. The number of imide groups is 1. The molecule has 3 aromatic carbocycles. The van der Waals surface area contributed by atoms with Crippen LogP contribution in [0.3, 0.4) is 0 Å². The first-order chi connectivity index (χ1) is 14.8. The number of rotatable bonds is 5. The van der Waals surface area contributed by atoms with E-state index >= 15 is 0 Å². The summed E-state index contributed by atoms with van der Waals surface area (Å²) in [6.45, 7) is 5.60. The molecule has 0 atom stereocenters. The molecule has 0 aliphatic carbocycles. The molecule has 1 heterocycles. The molecule has 6 heteroatoms. The molecular weight excluding hydrogens is 412 g/mol. The minimum Gasteiger partial charge on any atom is -0.457 e. The summed E-state index contributed by atoms with van der Waals surface area (Å²) < 4.78 is 6.04. The molecule has 0 aromatic heterocycles. The summed E-state index contributed by atoms with van der Waals surface area (Å²) in [6, 6.07) is 21.8. The van der Waals surface area contributed by atoms with Gasteiger partial charge < -0.3 is 9.64 Å². The first-order valence-corrected chi connectivity index (χ1v) is 10.4. The molecule has 5 nitrogen and oxygen atoms in total. The van der Waals surface area contributed by atoms with Crippen LogP contribution in [-0.4, -0.2) is 22.4 Å². The van der Waals surface area contributed by atoms with Crippen molar-refractivity contribution in [2.45, 2.75) is 32.9 Å². The van der Waals surface area contributed by atoms with Crippen LogP contribution in [-0.2, 0) is 11.3 Å². The first-order valence-electron chi connectivity index (χ1n) is 10.0. The third-order valence-electron chi connectivity index (χ3n) is 5.50. The standard InChI is InChI=1S/C25H23ClN2O3/c1-17-15-19(26)13-14-21(17)28-23(29)25(2,3)27(24(28)30)16-18-9-7-8-12-22(18)31-20-10-5-4-6-11-20/h4-15H,16H2,1-3H3. The van der Waals surface area contributed by atoms with Gasteiger partial charge in [-0.3, -0.25) is 4.79 Å². The molecule has 0 spiro atoms. The molecule has 4 rings (SSSR count). The van der Waals surface area contributed by atoms with Crippen LogP contribution in [0.15, 0.2) is 72.8 Å². The van der Waals surface area contributed by atoms with E-state index in [9.17, 15) is 9.59 Å².